The van der Waals surface area contributed by atoms with Gasteiger partial charge >= 0.3 is 125 Å². The second-order valence-electron chi connectivity index (χ2n) is 5.28. The number of fused-ring (bicyclic) bond motifs is 1. The van der Waals surface area contributed by atoms with Crippen LogP contribution >= 0.6 is 0 Å². The van der Waals surface area contributed by atoms with Crippen molar-refractivity contribution in [1.82, 2.24) is 4.98 Å². The zero-order chi connectivity index (χ0) is 14.3. The van der Waals surface area contributed by atoms with Crippen molar-refractivity contribution in [2.24, 2.45) is 0 Å². The first kappa shape index (κ1) is 13.4. The summed E-state index contributed by atoms with van der Waals surface area (Å²) in [6.45, 7) is 8.56. The van der Waals surface area contributed by atoms with E-state index in [0.717, 1.165) is 15.9 Å². The number of hydrogen-bond acceptors (Lipinski definition) is 2. The normalized spacial score (nSPS) is 11.2. The molecule has 0 radical (unpaired) electrons. The number of oxazole rings is 1. The molecule has 1 heterocycles. The molecule has 102 valence electrons. The zero-order valence-electron chi connectivity index (χ0n) is 12.2. The van der Waals surface area contributed by atoms with Crippen LogP contribution < -0.4 is 9.25 Å². The van der Waals surface area contributed by atoms with Gasteiger partial charge in [0.15, 0.2) is 0 Å². The van der Waals surface area contributed by atoms with E-state index < -0.39 is 0 Å². The number of nitrogens with zero attached hydrogens (tertiary/aromatic N) is 1. The molecule has 0 saturated carbocycles. The van der Waals surface area contributed by atoms with E-state index in [1.54, 1.807) is 0 Å². The van der Waals surface area contributed by atoms with Crippen molar-refractivity contribution in [3.63, 3.8) is 0 Å². The average molecular weight is 330 g/mol. The van der Waals surface area contributed by atoms with Gasteiger partial charge in [0, 0.05) is 0 Å². The van der Waals surface area contributed by atoms with Crippen LogP contribution in [0.25, 0.3) is 11.1 Å². The van der Waals surface area contributed by atoms with Gasteiger partial charge in [0.25, 0.3) is 0 Å². The molecule has 0 bridgehead atoms. The Morgan fingerprint density at radius 3 is 2.30 bits per heavy atom. The predicted octanol–water partition coefficient (Wildman–Crippen LogP) is 2.72. The molecule has 2 nitrogen and oxygen atoms in total. The number of rotatable bonds is 2. The van der Waals surface area contributed by atoms with Gasteiger partial charge in [0.2, 0.25) is 0 Å². The first-order valence-corrected chi connectivity index (χ1v) is 8.37. The van der Waals surface area contributed by atoms with Gasteiger partial charge in [0.05, 0.1) is 0 Å². The van der Waals surface area contributed by atoms with Crippen LogP contribution in [0.4, 0.5) is 0 Å². The maximum atomic E-state index is 5.88. The van der Waals surface area contributed by atoms with Gasteiger partial charge in [-0.25, -0.2) is 0 Å². The minimum atomic E-state index is 0.120. The summed E-state index contributed by atoms with van der Waals surface area (Å²) in [6, 6.07) is 10.6. The fourth-order valence-electron chi connectivity index (χ4n) is 2.48. The van der Waals surface area contributed by atoms with Crippen molar-refractivity contribution in [1.29, 1.82) is 0 Å². The van der Waals surface area contributed by atoms with E-state index in [1.807, 2.05) is 6.07 Å². The first-order chi connectivity index (χ1) is 9.52. The summed E-state index contributed by atoms with van der Waals surface area (Å²) in [5.74, 6) is 0. The van der Waals surface area contributed by atoms with E-state index in [9.17, 15) is 0 Å². The van der Waals surface area contributed by atoms with Crippen molar-refractivity contribution in [3.05, 3.63) is 52.6 Å². The monoisotopic (exact) mass is 331 g/mol. The Morgan fingerprint density at radius 1 is 0.900 bits per heavy atom. The molecular formula is C17H17NOSe. The molecule has 0 N–H and O–H groups in total. The number of aryl methyl sites for hydroxylation is 4. The first-order valence-electron chi connectivity index (χ1n) is 6.66. The molecule has 0 unspecified atom stereocenters. The SMILES string of the molecule is Cc1cc(C)c([Se]c2nc3cc(C)ccc3o2)c(C)c1. The summed E-state index contributed by atoms with van der Waals surface area (Å²) >= 11 is 0.120. The quantitative estimate of drug-likeness (QED) is 0.675. The van der Waals surface area contributed by atoms with E-state index in [1.165, 1.54) is 26.7 Å². The third kappa shape index (κ3) is 2.52. The molecule has 0 fully saturated rings. The van der Waals surface area contributed by atoms with Crippen molar-refractivity contribution in [2.45, 2.75) is 27.7 Å². The Hall–Kier alpha value is -1.57. The predicted molar refractivity (Wildman–Crippen MR) is 84.4 cm³/mol. The minimum absolute atomic E-state index is 0.120. The van der Waals surface area contributed by atoms with Gasteiger partial charge in [-0.1, -0.05) is 0 Å². The van der Waals surface area contributed by atoms with E-state index in [-0.39, 0.29) is 15.0 Å². The van der Waals surface area contributed by atoms with E-state index >= 15 is 0 Å². The van der Waals surface area contributed by atoms with E-state index in [0.29, 0.717) is 0 Å². The zero-order valence-corrected chi connectivity index (χ0v) is 13.9. The summed E-state index contributed by atoms with van der Waals surface area (Å²) in [7, 11) is 0. The molecule has 20 heavy (non-hydrogen) atoms. The second kappa shape index (κ2) is 5.08. The molecule has 3 rings (SSSR count). The number of hydrogen-bond donors (Lipinski definition) is 0. The Bertz CT molecular complexity index is 766. The average Bonchev–Trinajstić information content (AvgIpc) is 2.75. The molecule has 0 aliphatic carbocycles. The van der Waals surface area contributed by atoms with Crippen LogP contribution in [0.1, 0.15) is 22.3 Å². The van der Waals surface area contributed by atoms with Crippen LogP contribution in [-0.4, -0.2) is 19.9 Å². The van der Waals surface area contributed by atoms with Gasteiger partial charge < -0.3 is 0 Å². The van der Waals surface area contributed by atoms with Crippen molar-refractivity contribution in [3.8, 4) is 0 Å². The Morgan fingerprint density at radius 2 is 1.60 bits per heavy atom. The third-order valence-electron chi connectivity index (χ3n) is 3.32. The van der Waals surface area contributed by atoms with Gasteiger partial charge in [-0.15, -0.1) is 0 Å². The molecule has 0 amide bonds. The molecule has 3 aromatic rings. The van der Waals surface area contributed by atoms with E-state index in [4.69, 9.17) is 4.42 Å². The van der Waals surface area contributed by atoms with Gasteiger partial charge in [-0.2, -0.15) is 0 Å². The molecule has 2 aromatic carbocycles. The van der Waals surface area contributed by atoms with Crippen LogP contribution in [0, 0.1) is 27.7 Å². The fraction of sp³-hybridized carbons (Fsp3) is 0.235. The molecule has 3 heteroatoms. The topological polar surface area (TPSA) is 26.0 Å². The fourth-order valence-corrected chi connectivity index (χ4v) is 4.34. The summed E-state index contributed by atoms with van der Waals surface area (Å²) < 4.78 is 7.26. The van der Waals surface area contributed by atoms with Crippen LogP contribution in [0.15, 0.2) is 34.7 Å². The van der Waals surface area contributed by atoms with Crippen LogP contribution in [0.2, 0.25) is 0 Å². The molecule has 1 aromatic heterocycles. The molecular weight excluding hydrogens is 313 g/mol. The maximum absolute atomic E-state index is 5.88. The van der Waals surface area contributed by atoms with Gasteiger partial charge in [-0.05, 0) is 0 Å². The summed E-state index contributed by atoms with van der Waals surface area (Å²) in [5.41, 5.74) is 7.04. The van der Waals surface area contributed by atoms with Gasteiger partial charge in [-0.3, -0.25) is 0 Å². The Balaban J connectivity index is 2.01. The molecule has 0 aliphatic heterocycles. The number of benzene rings is 2. The standard InChI is InChI=1S/C17H17NOSe/c1-10-5-6-15-14(9-10)18-17(19-15)20-16-12(3)7-11(2)8-13(16)4/h5-9H,1-4H3. The Labute approximate surface area is 125 Å². The van der Waals surface area contributed by atoms with Crippen molar-refractivity contribution >= 4 is 35.3 Å². The summed E-state index contributed by atoms with van der Waals surface area (Å²) in [5, 5.41) is 0. The van der Waals surface area contributed by atoms with Gasteiger partial charge in [0.1, 0.15) is 0 Å². The third-order valence-corrected chi connectivity index (χ3v) is 5.83. The Kier molecular flexibility index (Phi) is 3.41. The summed E-state index contributed by atoms with van der Waals surface area (Å²) in [6.07, 6.45) is 0. The molecule has 0 aliphatic rings. The second-order valence-corrected chi connectivity index (χ2v) is 7.30. The van der Waals surface area contributed by atoms with Crippen LogP contribution in [0.3, 0.4) is 0 Å². The molecule has 0 saturated heterocycles. The van der Waals surface area contributed by atoms with Crippen molar-refractivity contribution in [2.75, 3.05) is 0 Å². The molecule has 0 spiro atoms. The molecule has 0 atom stereocenters. The number of aromatic nitrogens is 1. The van der Waals surface area contributed by atoms with Crippen molar-refractivity contribution < 1.29 is 4.42 Å². The van der Waals surface area contributed by atoms with Crippen LogP contribution in [0.5, 0.6) is 0 Å². The van der Waals surface area contributed by atoms with Crippen LogP contribution in [-0.2, 0) is 0 Å². The summed E-state index contributed by atoms with van der Waals surface area (Å²) in [4.78, 5) is 5.49. The van der Waals surface area contributed by atoms with E-state index in [2.05, 4.69) is 56.9 Å².